The number of esters is 1. The summed E-state index contributed by atoms with van der Waals surface area (Å²) in [4.78, 5) is 24.3. The van der Waals surface area contributed by atoms with Crippen molar-refractivity contribution >= 4 is 40.9 Å². The molecule has 2 heterocycles. The van der Waals surface area contributed by atoms with Crippen LogP contribution in [0.2, 0.25) is 5.02 Å². The van der Waals surface area contributed by atoms with E-state index in [1.807, 2.05) is 18.2 Å². The van der Waals surface area contributed by atoms with Crippen LogP contribution in [-0.2, 0) is 14.3 Å². The number of hydrogen-bond donors (Lipinski definition) is 1. The van der Waals surface area contributed by atoms with Crippen LogP contribution < -0.4 is 5.32 Å². The summed E-state index contributed by atoms with van der Waals surface area (Å²) in [6.07, 6.45) is 0.611. The molecule has 7 nitrogen and oxygen atoms in total. The SMILES string of the molecule is O=C(CSc1nncn1-c1cccc(Cl)c1)O[C@@H]1C(=O)Nc2ccccc21. The van der Waals surface area contributed by atoms with Crippen molar-refractivity contribution < 1.29 is 14.3 Å². The summed E-state index contributed by atoms with van der Waals surface area (Å²) in [5, 5.41) is 11.7. The number of para-hydroxylation sites is 1. The molecule has 0 spiro atoms. The summed E-state index contributed by atoms with van der Waals surface area (Å²) in [7, 11) is 0. The quantitative estimate of drug-likeness (QED) is 0.522. The lowest BCUT2D eigenvalue weighted by atomic mass is 10.1. The van der Waals surface area contributed by atoms with Crippen molar-refractivity contribution in [3.05, 3.63) is 65.4 Å². The van der Waals surface area contributed by atoms with E-state index < -0.39 is 12.1 Å². The lowest BCUT2D eigenvalue weighted by Gasteiger charge is -2.11. The summed E-state index contributed by atoms with van der Waals surface area (Å²) in [5.41, 5.74) is 2.10. The first-order chi connectivity index (χ1) is 13.1. The van der Waals surface area contributed by atoms with Gasteiger partial charge >= 0.3 is 5.97 Å². The molecule has 9 heteroatoms. The summed E-state index contributed by atoms with van der Waals surface area (Å²) in [6, 6.07) is 14.3. The average Bonchev–Trinajstić information content (AvgIpc) is 3.25. The lowest BCUT2D eigenvalue weighted by molar-refractivity contribution is -0.151. The van der Waals surface area contributed by atoms with Gasteiger partial charge in [0.05, 0.1) is 11.4 Å². The van der Waals surface area contributed by atoms with Crippen LogP contribution in [0.4, 0.5) is 5.69 Å². The standard InChI is InChI=1S/C18H13ClN4O3S/c19-11-4-3-5-12(8-11)23-10-20-22-18(23)27-9-15(24)26-16-13-6-1-2-7-14(13)21-17(16)25/h1-8,10,16H,9H2,(H,21,25)/t16-/m0/s1. The minimum atomic E-state index is -0.930. The van der Waals surface area contributed by atoms with Gasteiger partial charge in [0.1, 0.15) is 6.33 Å². The van der Waals surface area contributed by atoms with Crippen molar-refractivity contribution in [2.75, 3.05) is 11.1 Å². The number of thioether (sulfide) groups is 1. The van der Waals surface area contributed by atoms with Gasteiger partial charge in [-0.1, -0.05) is 47.6 Å². The number of nitrogens with one attached hydrogen (secondary N) is 1. The molecule has 136 valence electrons. The number of hydrogen-bond acceptors (Lipinski definition) is 6. The van der Waals surface area contributed by atoms with Crippen molar-refractivity contribution in [3.8, 4) is 5.69 Å². The second kappa shape index (κ2) is 7.42. The largest absolute Gasteiger partial charge is 0.447 e. The molecule has 1 aliphatic heterocycles. The molecule has 0 unspecified atom stereocenters. The fourth-order valence-corrected chi connectivity index (χ4v) is 3.61. The molecule has 0 fully saturated rings. The van der Waals surface area contributed by atoms with Crippen LogP contribution >= 0.6 is 23.4 Å². The van der Waals surface area contributed by atoms with Gasteiger partial charge in [0.15, 0.2) is 5.16 Å². The van der Waals surface area contributed by atoms with E-state index in [9.17, 15) is 9.59 Å². The molecular weight excluding hydrogens is 388 g/mol. The molecule has 1 N–H and O–H groups in total. The summed E-state index contributed by atoms with van der Waals surface area (Å²) in [5.74, 6) is -0.875. The fraction of sp³-hybridized carbons (Fsp3) is 0.111. The number of aromatic nitrogens is 3. The van der Waals surface area contributed by atoms with Gasteiger partial charge in [-0.2, -0.15) is 0 Å². The van der Waals surface area contributed by atoms with E-state index in [2.05, 4.69) is 15.5 Å². The molecule has 4 rings (SSSR count). The summed E-state index contributed by atoms with van der Waals surface area (Å²) in [6.45, 7) is 0. The van der Waals surface area contributed by atoms with Crippen LogP contribution in [0.5, 0.6) is 0 Å². The molecule has 1 amide bonds. The maximum absolute atomic E-state index is 12.2. The minimum absolute atomic E-state index is 0.00872. The number of benzene rings is 2. The molecule has 0 saturated carbocycles. The number of ether oxygens (including phenoxy) is 1. The zero-order valence-electron chi connectivity index (χ0n) is 13.8. The molecule has 1 aromatic heterocycles. The van der Waals surface area contributed by atoms with E-state index in [1.165, 1.54) is 11.8 Å². The average molecular weight is 401 g/mol. The Morgan fingerprint density at radius 3 is 2.96 bits per heavy atom. The number of anilines is 1. The topological polar surface area (TPSA) is 86.1 Å². The molecule has 0 aliphatic carbocycles. The van der Waals surface area contributed by atoms with Gasteiger partial charge in [-0.15, -0.1) is 10.2 Å². The van der Waals surface area contributed by atoms with Crippen molar-refractivity contribution in [3.63, 3.8) is 0 Å². The number of carbonyl (C=O) groups excluding carboxylic acids is 2. The lowest BCUT2D eigenvalue weighted by Crippen LogP contribution is -2.20. The monoisotopic (exact) mass is 400 g/mol. The number of rotatable bonds is 5. The first-order valence-corrected chi connectivity index (χ1v) is 9.36. The molecule has 1 aliphatic rings. The van der Waals surface area contributed by atoms with E-state index in [1.54, 1.807) is 41.2 Å². The maximum atomic E-state index is 12.2. The highest BCUT2D eigenvalue weighted by atomic mass is 35.5. The van der Waals surface area contributed by atoms with Crippen LogP contribution in [0.25, 0.3) is 5.69 Å². The zero-order valence-corrected chi connectivity index (χ0v) is 15.4. The van der Waals surface area contributed by atoms with Crippen LogP contribution in [0.1, 0.15) is 11.7 Å². The molecule has 1 atom stereocenters. The Morgan fingerprint density at radius 1 is 1.26 bits per heavy atom. The van der Waals surface area contributed by atoms with E-state index >= 15 is 0 Å². The Bertz CT molecular complexity index is 1020. The number of nitrogens with zero attached hydrogens (tertiary/aromatic N) is 3. The second-order valence-electron chi connectivity index (χ2n) is 5.70. The van der Waals surface area contributed by atoms with Crippen molar-refractivity contribution in [2.24, 2.45) is 0 Å². The highest BCUT2D eigenvalue weighted by molar-refractivity contribution is 7.99. The Balaban J connectivity index is 1.42. The van der Waals surface area contributed by atoms with E-state index in [4.69, 9.17) is 16.3 Å². The number of carbonyl (C=O) groups is 2. The maximum Gasteiger partial charge on any atom is 0.317 e. The van der Waals surface area contributed by atoms with E-state index in [0.717, 1.165) is 5.69 Å². The Hall–Kier alpha value is -2.84. The van der Waals surface area contributed by atoms with Crippen LogP contribution in [0.15, 0.2) is 60.0 Å². The molecule has 3 aromatic rings. The van der Waals surface area contributed by atoms with Crippen LogP contribution in [0.3, 0.4) is 0 Å². The fourth-order valence-electron chi connectivity index (χ4n) is 2.71. The van der Waals surface area contributed by atoms with Gasteiger partial charge < -0.3 is 10.1 Å². The smallest absolute Gasteiger partial charge is 0.317 e. The van der Waals surface area contributed by atoms with Crippen LogP contribution in [-0.4, -0.2) is 32.4 Å². The number of fused-ring (bicyclic) bond motifs is 1. The van der Waals surface area contributed by atoms with Gasteiger partial charge in [0, 0.05) is 16.3 Å². The van der Waals surface area contributed by atoms with Crippen molar-refractivity contribution in [1.29, 1.82) is 0 Å². The van der Waals surface area contributed by atoms with Crippen molar-refractivity contribution in [2.45, 2.75) is 11.3 Å². The van der Waals surface area contributed by atoms with Gasteiger partial charge in [-0.25, -0.2) is 0 Å². The third kappa shape index (κ3) is 3.67. The molecule has 0 radical (unpaired) electrons. The molecule has 27 heavy (non-hydrogen) atoms. The highest BCUT2D eigenvalue weighted by Gasteiger charge is 2.33. The third-order valence-corrected chi connectivity index (χ3v) is 5.06. The van der Waals surface area contributed by atoms with E-state index in [0.29, 0.717) is 21.4 Å². The summed E-state index contributed by atoms with van der Waals surface area (Å²) < 4.78 is 7.09. The summed E-state index contributed by atoms with van der Waals surface area (Å²) >= 11 is 7.19. The first-order valence-electron chi connectivity index (χ1n) is 8.00. The van der Waals surface area contributed by atoms with Gasteiger partial charge in [-0.05, 0) is 24.3 Å². The van der Waals surface area contributed by atoms with Gasteiger partial charge in [0.2, 0.25) is 6.10 Å². The number of halogens is 1. The first kappa shape index (κ1) is 17.6. The van der Waals surface area contributed by atoms with Crippen molar-refractivity contribution in [1.82, 2.24) is 14.8 Å². The third-order valence-electron chi connectivity index (χ3n) is 3.91. The second-order valence-corrected chi connectivity index (χ2v) is 7.08. The molecule has 0 saturated heterocycles. The Morgan fingerprint density at radius 2 is 2.11 bits per heavy atom. The highest BCUT2D eigenvalue weighted by Crippen LogP contribution is 2.33. The van der Waals surface area contributed by atoms with Crippen LogP contribution in [0, 0.1) is 0 Å². The molecule has 0 bridgehead atoms. The predicted molar refractivity (Wildman–Crippen MR) is 101 cm³/mol. The van der Waals surface area contributed by atoms with E-state index in [-0.39, 0.29) is 11.7 Å². The zero-order chi connectivity index (χ0) is 18.8. The van der Waals surface area contributed by atoms with Gasteiger partial charge in [0.25, 0.3) is 5.91 Å². The minimum Gasteiger partial charge on any atom is -0.447 e. The Kier molecular flexibility index (Phi) is 4.83. The number of amides is 1. The van der Waals surface area contributed by atoms with Gasteiger partial charge in [-0.3, -0.25) is 14.2 Å². The predicted octanol–water partition coefficient (Wildman–Crippen LogP) is 3.25. The Labute approximate surface area is 163 Å². The molecule has 2 aromatic carbocycles. The normalized spacial score (nSPS) is 15.3. The molecular formula is C18H13ClN4O3S.